The lowest BCUT2D eigenvalue weighted by Gasteiger charge is -2.23. The third-order valence-corrected chi connectivity index (χ3v) is 4.13. The molecule has 0 bridgehead atoms. The predicted octanol–water partition coefficient (Wildman–Crippen LogP) is 3.35. The molecule has 1 aromatic carbocycles. The van der Waals surface area contributed by atoms with Crippen molar-refractivity contribution < 1.29 is 14.3 Å². The van der Waals surface area contributed by atoms with E-state index in [1.165, 1.54) is 12.1 Å². The highest BCUT2D eigenvalue weighted by atomic mass is 35.5. The Morgan fingerprint density at radius 1 is 1.50 bits per heavy atom. The van der Waals surface area contributed by atoms with Crippen LogP contribution in [0.15, 0.2) is 18.2 Å². The van der Waals surface area contributed by atoms with Crippen LogP contribution in [-0.4, -0.2) is 16.6 Å². The molecule has 1 amide bonds. The van der Waals surface area contributed by atoms with Gasteiger partial charge in [0.05, 0.1) is 23.1 Å². The van der Waals surface area contributed by atoms with Gasteiger partial charge >= 0.3 is 0 Å². The van der Waals surface area contributed by atoms with Gasteiger partial charge in [-0.15, -0.1) is 0 Å². The van der Waals surface area contributed by atoms with E-state index in [0.717, 1.165) is 18.4 Å². The summed E-state index contributed by atoms with van der Waals surface area (Å²) in [6, 6.07) is 4.11. The van der Waals surface area contributed by atoms with Crippen molar-refractivity contribution in [3.05, 3.63) is 34.6 Å². The molecular formula is C15H19ClFNO2. The van der Waals surface area contributed by atoms with E-state index in [0.29, 0.717) is 12.8 Å². The molecule has 0 heterocycles. The first-order valence-electron chi connectivity index (χ1n) is 6.86. The SMILES string of the molecule is CC(NC(=O)CC1(O)CCCC1)c1ccc(F)c(Cl)c1. The zero-order valence-electron chi connectivity index (χ0n) is 11.5. The van der Waals surface area contributed by atoms with Crippen LogP contribution in [0.2, 0.25) is 5.02 Å². The lowest BCUT2D eigenvalue weighted by Crippen LogP contribution is -2.35. The maximum atomic E-state index is 13.1. The van der Waals surface area contributed by atoms with Crippen LogP contribution >= 0.6 is 11.6 Å². The number of hydrogen-bond acceptors (Lipinski definition) is 2. The van der Waals surface area contributed by atoms with Gasteiger partial charge in [0.25, 0.3) is 0 Å². The summed E-state index contributed by atoms with van der Waals surface area (Å²) in [6.45, 7) is 1.81. The number of halogens is 2. The van der Waals surface area contributed by atoms with Crippen LogP contribution in [0.5, 0.6) is 0 Å². The summed E-state index contributed by atoms with van der Waals surface area (Å²) in [6.07, 6.45) is 3.40. The standard InChI is InChI=1S/C15H19ClFNO2/c1-10(11-4-5-13(17)12(16)8-11)18-14(19)9-15(20)6-2-3-7-15/h4-5,8,10,20H,2-3,6-7,9H2,1H3,(H,18,19). The Balaban J connectivity index is 1.94. The topological polar surface area (TPSA) is 49.3 Å². The van der Waals surface area contributed by atoms with E-state index < -0.39 is 11.4 Å². The molecule has 1 atom stereocenters. The number of hydrogen-bond donors (Lipinski definition) is 2. The highest BCUT2D eigenvalue weighted by molar-refractivity contribution is 6.30. The van der Waals surface area contributed by atoms with E-state index in [2.05, 4.69) is 5.32 Å². The van der Waals surface area contributed by atoms with Gasteiger partial charge in [0.15, 0.2) is 0 Å². The number of carbonyl (C=O) groups is 1. The molecule has 3 nitrogen and oxygen atoms in total. The lowest BCUT2D eigenvalue weighted by molar-refractivity contribution is -0.126. The largest absolute Gasteiger partial charge is 0.389 e. The van der Waals surface area contributed by atoms with Gasteiger partial charge < -0.3 is 10.4 Å². The summed E-state index contributed by atoms with van der Waals surface area (Å²) in [4.78, 5) is 12.0. The Labute approximate surface area is 123 Å². The summed E-state index contributed by atoms with van der Waals surface area (Å²) in [5, 5.41) is 13.0. The van der Waals surface area contributed by atoms with Crippen molar-refractivity contribution in [2.24, 2.45) is 0 Å². The highest BCUT2D eigenvalue weighted by Gasteiger charge is 2.33. The van der Waals surface area contributed by atoms with Gasteiger partial charge in [-0.1, -0.05) is 30.5 Å². The molecule has 1 aliphatic carbocycles. The van der Waals surface area contributed by atoms with Crippen molar-refractivity contribution in [2.45, 2.75) is 50.7 Å². The molecule has 2 N–H and O–H groups in total. The molecule has 5 heteroatoms. The molecule has 1 fully saturated rings. The smallest absolute Gasteiger partial charge is 0.223 e. The Morgan fingerprint density at radius 3 is 2.75 bits per heavy atom. The van der Waals surface area contributed by atoms with Crippen molar-refractivity contribution in [1.82, 2.24) is 5.32 Å². The van der Waals surface area contributed by atoms with Gasteiger partial charge in [-0.2, -0.15) is 0 Å². The Kier molecular flexibility index (Phi) is 4.66. The number of benzene rings is 1. The molecule has 0 aliphatic heterocycles. The molecule has 0 aromatic heterocycles. The van der Waals surface area contributed by atoms with Gasteiger partial charge in [-0.25, -0.2) is 4.39 Å². The van der Waals surface area contributed by atoms with Gasteiger partial charge in [-0.3, -0.25) is 4.79 Å². The zero-order chi connectivity index (χ0) is 14.8. The third-order valence-electron chi connectivity index (χ3n) is 3.85. The van der Waals surface area contributed by atoms with Crippen molar-refractivity contribution in [3.8, 4) is 0 Å². The Morgan fingerprint density at radius 2 is 2.15 bits per heavy atom. The summed E-state index contributed by atoms with van der Waals surface area (Å²) in [7, 11) is 0. The molecular weight excluding hydrogens is 281 g/mol. The quantitative estimate of drug-likeness (QED) is 0.896. The van der Waals surface area contributed by atoms with E-state index in [9.17, 15) is 14.3 Å². The van der Waals surface area contributed by atoms with Crippen molar-refractivity contribution in [2.75, 3.05) is 0 Å². The van der Waals surface area contributed by atoms with Gasteiger partial charge in [-0.05, 0) is 37.5 Å². The second kappa shape index (κ2) is 6.10. The first-order chi connectivity index (χ1) is 9.39. The minimum absolute atomic E-state index is 0.0398. The van der Waals surface area contributed by atoms with Crippen LogP contribution in [0, 0.1) is 5.82 Å². The van der Waals surface area contributed by atoms with Crippen LogP contribution in [0.1, 0.15) is 50.6 Å². The van der Waals surface area contributed by atoms with E-state index in [1.54, 1.807) is 13.0 Å². The molecule has 1 aromatic rings. The minimum Gasteiger partial charge on any atom is -0.389 e. The monoisotopic (exact) mass is 299 g/mol. The summed E-state index contributed by atoms with van der Waals surface area (Å²) in [5.74, 6) is -0.670. The summed E-state index contributed by atoms with van der Waals surface area (Å²) < 4.78 is 13.1. The highest BCUT2D eigenvalue weighted by Crippen LogP contribution is 2.32. The van der Waals surface area contributed by atoms with Crippen LogP contribution in [0.3, 0.4) is 0 Å². The Hall–Kier alpha value is -1.13. The number of carbonyl (C=O) groups excluding carboxylic acids is 1. The second-order valence-corrected chi connectivity index (χ2v) is 5.98. The molecule has 0 radical (unpaired) electrons. The molecule has 1 saturated carbocycles. The molecule has 1 unspecified atom stereocenters. The van der Waals surface area contributed by atoms with Crippen molar-refractivity contribution >= 4 is 17.5 Å². The average Bonchev–Trinajstić information content (AvgIpc) is 2.78. The average molecular weight is 300 g/mol. The fourth-order valence-corrected chi connectivity index (χ4v) is 2.86. The van der Waals surface area contributed by atoms with Gasteiger partial charge in [0.2, 0.25) is 5.91 Å². The third kappa shape index (κ3) is 3.70. The fraction of sp³-hybridized carbons (Fsp3) is 0.533. The van der Waals surface area contributed by atoms with E-state index >= 15 is 0 Å². The van der Waals surface area contributed by atoms with Crippen molar-refractivity contribution in [1.29, 1.82) is 0 Å². The molecule has 1 aliphatic rings. The van der Waals surface area contributed by atoms with Crippen LogP contribution < -0.4 is 5.32 Å². The molecule has 20 heavy (non-hydrogen) atoms. The minimum atomic E-state index is -0.857. The van der Waals surface area contributed by atoms with Crippen molar-refractivity contribution in [3.63, 3.8) is 0 Å². The maximum Gasteiger partial charge on any atom is 0.223 e. The normalized spacial score (nSPS) is 18.8. The van der Waals surface area contributed by atoms with Crippen LogP contribution in [-0.2, 0) is 4.79 Å². The number of aliphatic hydroxyl groups is 1. The molecule has 110 valence electrons. The van der Waals surface area contributed by atoms with E-state index in [-0.39, 0.29) is 23.4 Å². The van der Waals surface area contributed by atoms with Gasteiger partial charge in [0.1, 0.15) is 5.82 Å². The number of amides is 1. The molecule has 0 saturated heterocycles. The summed E-state index contributed by atoms with van der Waals surface area (Å²) >= 11 is 5.73. The Bertz CT molecular complexity index is 501. The number of rotatable bonds is 4. The van der Waals surface area contributed by atoms with Gasteiger partial charge in [0, 0.05) is 0 Å². The fourth-order valence-electron chi connectivity index (χ4n) is 2.67. The zero-order valence-corrected chi connectivity index (χ0v) is 12.2. The van der Waals surface area contributed by atoms with E-state index in [4.69, 9.17) is 11.6 Å². The first-order valence-corrected chi connectivity index (χ1v) is 7.24. The van der Waals surface area contributed by atoms with E-state index in [1.807, 2.05) is 0 Å². The number of nitrogens with one attached hydrogen (secondary N) is 1. The van der Waals surface area contributed by atoms with Crippen LogP contribution in [0.25, 0.3) is 0 Å². The second-order valence-electron chi connectivity index (χ2n) is 5.57. The molecule has 0 spiro atoms. The van der Waals surface area contributed by atoms with Crippen LogP contribution in [0.4, 0.5) is 4.39 Å². The maximum absolute atomic E-state index is 13.1. The molecule has 2 rings (SSSR count). The summed E-state index contributed by atoms with van der Waals surface area (Å²) in [5.41, 5.74) is -0.118. The predicted molar refractivity (Wildman–Crippen MR) is 76.0 cm³/mol. The first kappa shape index (κ1) is 15.3. The lowest BCUT2D eigenvalue weighted by atomic mass is 9.97.